The summed E-state index contributed by atoms with van der Waals surface area (Å²) in [6.45, 7) is 0.795. The molecule has 0 fully saturated rings. The van der Waals surface area contributed by atoms with Crippen LogP contribution in [0.3, 0.4) is 0 Å². The second-order valence-electron chi connectivity index (χ2n) is 4.72. The summed E-state index contributed by atoms with van der Waals surface area (Å²) in [4.78, 5) is 11.8. The van der Waals surface area contributed by atoms with Crippen LogP contribution in [0.15, 0.2) is 48.5 Å². The molecule has 0 radical (unpaired) electrons. The van der Waals surface area contributed by atoms with Crippen LogP contribution < -0.4 is 10.6 Å². The van der Waals surface area contributed by atoms with Crippen molar-refractivity contribution in [3.05, 3.63) is 65.5 Å². The van der Waals surface area contributed by atoms with Crippen molar-refractivity contribution >= 4 is 11.6 Å². The van der Waals surface area contributed by atoms with Gasteiger partial charge in [-0.05, 0) is 18.2 Å². The van der Waals surface area contributed by atoms with Gasteiger partial charge in [0, 0.05) is 25.1 Å². The number of nitrogens with zero attached hydrogens (tertiary/aromatic N) is 1. The Labute approximate surface area is 128 Å². The standard InChI is InChI=1S/C17H16FN3O/c18-15-7-3-1-6-14(15)12-20-10-9-17(22)21-16-8-4-2-5-13(16)11-19/h1-8,20H,9-10,12H2,(H,21,22). The lowest BCUT2D eigenvalue weighted by molar-refractivity contribution is -0.116. The molecule has 0 saturated carbocycles. The first-order chi connectivity index (χ1) is 10.7. The molecule has 0 spiro atoms. The van der Waals surface area contributed by atoms with E-state index < -0.39 is 0 Å². The number of para-hydroxylation sites is 1. The van der Waals surface area contributed by atoms with Crippen LogP contribution >= 0.6 is 0 Å². The van der Waals surface area contributed by atoms with E-state index in [1.165, 1.54) is 6.07 Å². The van der Waals surface area contributed by atoms with Crippen LogP contribution in [0.25, 0.3) is 0 Å². The van der Waals surface area contributed by atoms with Gasteiger partial charge in [-0.25, -0.2) is 4.39 Å². The number of anilines is 1. The fraction of sp³-hybridized carbons (Fsp3) is 0.176. The first-order valence-corrected chi connectivity index (χ1v) is 6.94. The van der Waals surface area contributed by atoms with E-state index in [0.717, 1.165) is 0 Å². The van der Waals surface area contributed by atoms with Gasteiger partial charge >= 0.3 is 0 Å². The van der Waals surface area contributed by atoms with Gasteiger partial charge in [-0.15, -0.1) is 0 Å². The molecule has 2 aromatic rings. The molecule has 2 aromatic carbocycles. The van der Waals surface area contributed by atoms with E-state index >= 15 is 0 Å². The van der Waals surface area contributed by atoms with Crippen molar-refractivity contribution in [2.45, 2.75) is 13.0 Å². The van der Waals surface area contributed by atoms with E-state index in [1.807, 2.05) is 6.07 Å². The normalized spacial score (nSPS) is 10.0. The molecule has 0 bridgehead atoms. The maximum Gasteiger partial charge on any atom is 0.225 e. The summed E-state index contributed by atoms with van der Waals surface area (Å²) in [5.74, 6) is -0.453. The molecule has 22 heavy (non-hydrogen) atoms. The molecule has 0 aliphatic heterocycles. The van der Waals surface area contributed by atoms with Crippen LogP contribution in [-0.2, 0) is 11.3 Å². The minimum atomic E-state index is -0.262. The first kappa shape index (κ1) is 15.7. The molecule has 0 atom stereocenters. The number of hydrogen-bond acceptors (Lipinski definition) is 3. The summed E-state index contributed by atoms with van der Waals surface area (Å²) in [5.41, 5.74) is 1.50. The van der Waals surface area contributed by atoms with Crippen LogP contribution in [0, 0.1) is 17.1 Å². The molecule has 1 amide bonds. The maximum atomic E-state index is 13.4. The Balaban J connectivity index is 1.77. The second-order valence-corrected chi connectivity index (χ2v) is 4.72. The van der Waals surface area contributed by atoms with Crippen molar-refractivity contribution in [3.8, 4) is 6.07 Å². The molecule has 2 rings (SSSR count). The van der Waals surface area contributed by atoms with E-state index in [4.69, 9.17) is 5.26 Å². The molecule has 112 valence electrons. The molecule has 4 nitrogen and oxygen atoms in total. The van der Waals surface area contributed by atoms with Crippen LogP contribution in [0.5, 0.6) is 0 Å². The van der Waals surface area contributed by atoms with Crippen LogP contribution in [-0.4, -0.2) is 12.5 Å². The zero-order valence-electron chi connectivity index (χ0n) is 12.0. The number of nitrogens with one attached hydrogen (secondary N) is 2. The van der Waals surface area contributed by atoms with Gasteiger partial charge in [-0.3, -0.25) is 4.79 Å². The van der Waals surface area contributed by atoms with E-state index in [0.29, 0.717) is 29.9 Å². The quantitative estimate of drug-likeness (QED) is 0.806. The van der Waals surface area contributed by atoms with Gasteiger partial charge < -0.3 is 10.6 Å². The Morgan fingerprint density at radius 3 is 2.64 bits per heavy atom. The summed E-state index contributed by atoms with van der Waals surface area (Å²) < 4.78 is 13.4. The monoisotopic (exact) mass is 297 g/mol. The molecule has 0 aromatic heterocycles. The average molecular weight is 297 g/mol. The van der Waals surface area contributed by atoms with Crippen molar-refractivity contribution in [2.24, 2.45) is 0 Å². The number of benzene rings is 2. The lowest BCUT2D eigenvalue weighted by Crippen LogP contribution is -2.22. The predicted molar refractivity (Wildman–Crippen MR) is 82.5 cm³/mol. The second kappa shape index (κ2) is 7.91. The molecule has 0 aliphatic rings. The van der Waals surface area contributed by atoms with Gasteiger partial charge in [-0.1, -0.05) is 30.3 Å². The molecule has 5 heteroatoms. The van der Waals surface area contributed by atoms with Crippen LogP contribution in [0.2, 0.25) is 0 Å². The highest BCUT2D eigenvalue weighted by atomic mass is 19.1. The van der Waals surface area contributed by atoms with Gasteiger partial charge in [0.05, 0.1) is 11.3 Å². The summed E-state index contributed by atoms with van der Waals surface area (Å²) in [7, 11) is 0. The molecular weight excluding hydrogens is 281 g/mol. The topological polar surface area (TPSA) is 64.9 Å². The summed E-state index contributed by atoms with van der Waals surface area (Å²) >= 11 is 0. The fourth-order valence-corrected chi connectivity index (χ4v) is 1.97. The fourth-order valence-electron chi connectivity index (χ4n) is 1.97. The number of amides is 1. The zero-order chi connectivity index (χ0) is 15.8. The number of nitriles is 1. The number of carbonyl (C=O) groups excluding carboxylic acids is 1. The summed E-state index contributed by atoms with van der Waals surface area (Å²) in [6, 6.07) is 15.4. The Hall–Kier alpha value is -2.71. The van der Waals surface area contributed by atoms with Crippen molar-refractivity contribution in [1.82, 2.24) is 5.32 Å². The molecule has 0 unspecified atom stereocenters. The SMILES string of the molecule is N#Cc1ccccc1NC(=O)CCNCc1ccccc1F. The van der Waals surface area contributed by atoms with E-state index in [1.54, 1.807) is 42.5 Å². The third kappa shape index (κ3) is 4.40. The summed E-state index contributed by atoms with van der Waals surface area (Å²) in [5, 5.41) is 14.7. The Morgan fingerprint density at radius 2 is 1.86 bits per heavy atom. The molecule has 2 N–H and O–H groups in total. The third-order valence-corrected chi connectivity index (χ3v) is 3.12. The summed E-state index contributed by atoms with van der Waals surface area (Å²) in [6.07, 6.45) is 0.244. The van der Waals surface area contributed by atoms with Crippen LogP contribution in [0.4, 0.5) is 10.1 Å². The van der Waals surface area contributed by atoms with E-state index in [9.17, 15) is 9.18 Å². The van der Waals surface area contributed by atoms with Crippen molar-refractivity contribution in [3.63, 3.8) is 0 Å². The van der Waals surface area contributed by atoms with Crippen molar-refractivity contribution in [1.29, 1.82) is 5.26 Å². The van der Waals surface area contributed by atoms with Gasteiger partial charge in [0.1, 0.15) is 11.9 Å². The van der Waals surface area contributed by atoms with Gasteiger partial charge in [0.15, 0.2) is 0 Å². The average Bonchev–Trinajstić information content (AvgIpc) is 2.53. The highest BCUT2D eigenvalue weighted by Crippen LogP contribution is 2.13. The molecule has 0 heterocycles. The largest absolute Gasteiger partial charge is 0.325 e. The van der Waals surface area contributed by atoms with Crippen LogP contribution in [0.1, 0.15) is 17.5 Å². The molecular formula is C17H16FN3O. The van der Waals surface area contributed by atoms with Crippen molar-refractivity contribution in [2.75, 3.05) is 11.9 Å². The third-order valence-electron chi connectivity index (χ3n) is 3.12. The van der Waals surface area contributed by atoms with E-state index in [-0.39, 0.29) is 18.1 Å². The van der Waals surface area contributed by atoms with Gasteiger partial charge in [-0.2, -0.15) is 5.26 Å². The first-order valence-electron chi connectivity index (χ1n) is 6.94. The highest BCUT2D eigenvalue weighted by Gasteiger charge is 2.06. The lowest BCUT2D eigenvalue weighted by Gasteiger charge is -2.08. The molecule has 0 aliphatic carbocycles. The van der Waals surface area contributed by atoms with Gasteiger partial charge in [0.2, 0.25) is 5.91 Å². The highest BCUT2D eigenvalue weighted by molar-refractivity contribution is 5.92. The zero-order valence-corrected chi connectivity index (χ0v) is 12.0. The number of halogens is 1. The maximum absolute atomic E-state index is 13.4. The number of carbonyl (C=O) groups is 1. The lowest BCUT2D eigenvalue weighted by atomic mass is 10.2. The smallest absolute Gasteiger partial charge is 0.225 e. The predicted octanol–water partition coefficient (Wildman–Crippen LogP) is 2.82. The minimum Gasteiger partial charge on any atom is -0.325 e. The number of rotatable bonds is 6. The Morgan fingerprint density at radius 1 is 1.14 bits per heavy atom. The Kier molecular flexibility index (Phi) is 5.64. The van der Waals surface area contributed by atoms with Gasteiger partial charge in [0.25, 0.3) is 0 Å². The van der Waals surface area contributed by atoms with Crippen molar-refractivity contribution < 1.29 is 9.18 Å². The number of hydrogen-bond donors (Lipinski definition) is 2. The van der Waals surface area contributed by atoms with E-state index in [2.05, 4.69) is 10.6 Å². The minimum absolute atomic E-state index is 0.191. The Bertz CT molecular complexity index is 694. The molecule has 0 saturated heterocycles.